The summed E-state index contributed by atoms with van der Waals surface area (Å²) < 4.78 is 8.25. The molecule has 4 aromatic rings. The minimum Gasteiger partial charge on any atom is -0.494 e. The molecule has 33 heavy (non-hydrogen) atoms. The average molecular weight is 440 g/mol. The SMILES string of the molecule is Cc1cccc(OCCCn2c(C3CC(=O)N(c4cccc(C)c4)C3)nc3ccccc32)c1. The van der Waals surface area contributed by atoms with E-state index in [-0.39, 0.29) is 11.8 Å². The number of carbonyl (C=O) groups is 1. The Morgan fingerprint density at radius 2 is 1.76 bits per heavy atom. The Bertz CT molecular complexity index is 1290. The highest BCUT2D eigenvalue weighted by atomic mass is 16.5. The molecule has 0 spiro atoms. The van der Waals surface area contributed by atoms with E-state index in [1.165, 1.54) is 5.56 Å². The highest BCUT2D eigenvalue weighted by Gasteiger charge is 2.34. The number of aryl methyl sites for hydroxylation is 3. The van der Waals surface area contributed by atoms with Crippen molar-refractivity contribution in [3.8, 4) is 5.75 Å². The van der Waals surface area contributed by atoms with E-state index < -0.39 is 0 Å². The minimum atomic E-state index is 0.0723. The molecule has 3 aromatic carbocycles. The van der Waals surface area contributed by atoms with Gasteiger partial charge in [-0.15, -0.1) is 0 Å². The summed E-state index contributed by atoms with van der Waals surface area (Å²) >= 11 is 0. The van der Waals surface area contributed by atoms with E-state index in [2.05, 4.69) is 48.7 Å². The van der Waals surface area contributed by atoms with E-state index in [4.69, 9.17) is 9.72 Å². The van der Waals surface area contributed by atoms with Gasteiger partial charge in [0.25, 0.3) is 0 Å². The number of para-hydroxylation sites is 2. The number of aromatic nitrogens is 2. The first kappa shape index (κ1) is 21.3. The van der Waals surface area contributed by atoms with Gasteiger partial charge in [-0.25, -0.2) is 4.98 Å². The van der Waals surface area contributed by atoms with Gasteiger partial charge in [-0.05, 0) is 67.8 Å². The number of fused-ring (bicyclic) bond motifs is 1. The second-order valence-corrected chi connectivity index (χ2v) is 8.87. The van der Waals surface area contributed by atoms with Crippen LogP contribution in [-0.2, 0) is 11.3 Å². The Morgan fingerprint density at radius 3 is 2.58 bits per heavy atom. The summed E-state index contributed by atoms with van der Waals surface area (Å²) in [5.41, 5.74) is 5.42. The van der Waals surface area contributed by atoms with Crippen LogP contribution in [0.25, 0.3) is 11.0 Å². The number of hydrogen-bond donors (Lipinski definition) is 0. The highest BCUT2D eigenvalue weighted by Crippen LogP contribution is 2.33. The van der Waals surface area contributed by atoms with Crippen molar-refractivity contribution in [1.82, 2.24) is 9.55 Å². The molecule has 1 aliphatic rings. The topological polar surface area (TPSA) is 47.4 Å². The number of nitrogens with zero attached hydrogens (tertiary/aromatic N) is 3. The maximum Gasteiger partial charge on any atom is 0.227 e. The standard InChI is InChI=1S/C28H29N3O2/c1-20-8-5-10-23(16-20)31-19-22(18-27(31)32)28-29-25-12-3-4-13-26(25)30(28)14-7-15-33-24-11-6-9-21(2)17-24/h3-6,8-13,16-17,22H,7,14-15,18-19H2,1-2H3. The van der Waals surface area contributed by atoms with Crippen LogP contribution in [0.2, 0.25) is 0 Å². The Labute approximate surface area is 194 Å². The van der Waals surface area contributed by atoms with Gasteiger partial charge in [0.15, 0.2) is 0 Å². The van der Waals surface area contributed by atoms with Crippen molar-refractivity contribution < 1.29 is 9.53 Å². The quantitative estimate of drug-likeness (QED) is 0.350. The van der Waals surface area contributed by atoms with E-state index in [0.29, 0.717) is 19.6 Å². The molecular weight excluding hydrogens is 410 g/mol. The Balaban J connectivity index is 1.35. The van der Waals surface area contributed by atoms with E-state index in [0.717, 1.165) is 46.8 Å². The first-order valence-electron chi connectivity index (χ1n) is 11.6. The van der Waals surface area contributed by atoms with Crippen LogP contribution >= 0.6 is 0 Å². The third kappa shape index (κ3) is 4.49. The van der Waals surface area contributed by atoms with Crippen LogP contribution in [0.1, 0.15) is 35.7 Å². The molecule has 2 heterocycles. The van der Waals surface area contributed by atoms with E-state index in [1.54, 1.807) is 0 Å². The lowest BCUT2D eigenvalue weighted by Gasteiger charge is -2.18. The summed E-state index contributed by atoms with van der Waals surface area (Å²) in [5.74, 6) is 2.13. The van der Waals surface area contributed by atoms with Crippen molar-refractivity contribution in [2.75, 3.05) is 18.1 Å². The molecule has 168 valence electrons. The molecule has 1 saturated heterocycles. The zero-order valence-electron chi connectivity index (χ0n) is 19.2. The first-order valence-corrected chi connectivity index (χ1v) is 11.6. The summed E-state index contributed by atoms with van der Waals surface area (Å²) in [4.78, 5) is 19.8. The van der Waals surface area contributed by atoms with Crippen molar-refractivity contribution in [1.29, 1.82) is 0 Å². The molecule has 5 heteroatoms. The van der Waals surface area contributed by atoms with Crippen LogP contribution in [0.5, 0.6) is 5.75 Å². The van der Waals surface area contributed by atoms with Gasteiger partial charge in [-0.1, -0.05) is 36.4 Å². The van der Waals surface area contributed by atoms with Gasteiger partial charge in [-0.3, -0.25) is 4.79 Å². The number of amides is 1. The molecule has 1 aromatic heterocycles. The molecule has 0 N–H and O–H groups in total. The first-order chi connectivity index (χ1) is 16.1. The van der Waals surface area contributed by atoms with Gasteiger partial charge in [-0.2, -0.15) is 0 Å². The number of anilines is 1. The van der Waals surface area contributed by atoms with Crippen molar-refractivity contribution in [3.05, 3.63) is 89.7 Å². The van der Waals surface area contributed by atoms with Crippen LogP contribution in [0, 0.1) is 13.8 Å². The smallest absolute Gasteiger partial charge is 0.227 e. The van der Waals surface area contributed by atoms with E-state index in [9.17, 15) is 4.79 Å². The predicted molar refractivity (Wildman–Crippen MR) is 132 cm³/mol. The van der Waals surface area contributed by atoms with Crippen molar-refractivity contribution in [2.45, 2.75) is 39.2 Å². The summed E-state index contributed by atoms with van der Waals surface area (Å²) in [7, 11) is 0. The fourth-order valence-corrected chi connectivity index (χ4v) is 4.68. The van der Waals surface area contributed by atoms with Crippen LogP contribution in [0.3, 0.4) is 0 Å². The zero-order valence-corrected chi connectivity index (χ0v) is 19.2. The monoisotopic (exact) mass is 439 g/mol. The number of rotatable bonds is 7. The van der Waals surface area contributed by atoms with Crippen molar-refractivity contribution in [2.24, 2.45) is 0 Å². The molecule has 0 radical (unpaired) electrons. The second kappa shape index (κ2) is 9.10. The van der Waals surface area contributed by atoms with E-state index in [1.807, 2.05) is 47.4 Å². The second-order valence-electron chi connectivity index (χ2n) is 8.87. The maximum absolute atomic E-state index is 12.9. The van der Waals surface area contributed by atoms with Gasteiger partial charge < -0.3 is 14.2 Å². The number of benzene rings is 3. The molecule has 0 saturated carbocycles. The van der Waals surface area contributed by atoms with Gasteiger partial charge >= 0.3 is 0 Å². The minimum absolute atomic E-state index is 0.0723. The largest absolute Gasteiger partial charge is 0.494 e. The van der Waals surface area contributed by atoms with Gasteiger partial charge in [0.1, 0.15) is 11.6 Å². The fourth-order valence-electron chi connectivity index (χ4n) is 4.68. The summed E-state index contributed by atoms with van der Waals surface area (Å²) in [5, 5.41) is 0. The number of ether oxygens (including phenoxy) is 1. The van der Waals surface area contributed by atoms with Gasteiger partial charge in [0.2, 0.25) is 5.91 Å². The highest BCUT2D eigenvalue weighted by molar-refractivity contribution is 5.96. The molecule has 1 amide bonds. The van der Waals surface area contributed by atoms with Crippen LogP contribution in [0.15, 0.2) is 72.8 Å². The lowest BCUT2D eigenvalue weighted by molar-refractivity contribution is -0.117. The summed E-state index contributed by atoms with van der Waals surface area (Å²) in [6, 6.07) is 24.5. The van der Waals surface area contributed by atoms with Gasteiger partial charge in [0.05, 0.1) is 17.6 Å². The Morgan fingerprint density at radius 1 is 0.970 bits per heavy atom. The Kier molecular flexibility index (Phi) is 5.86. The molecule has 1 atom stereocenters. The van der Waals surface area contributed by atoms with Crippen molar-refractivity contribution in [3.63, 3.8) is 0 Å². The molecule has 0 aliphatic carbocycles. The van der Waals surface area contributed by atoms with Crippen LogP contribution in [0.4, 0.5) is 5.69 Å². The molecule has 5 rings (SSSR count). The molecule has 5 nitrogen and oxygen atoms in total. The summed E-state index contributed by atoms with van der Waals surface area (Å²) in [6.45, 7) is 6.22. The van der Waals surface area contributed by atoms with Crippen LogP contribution in [-0.4, -0.2) is 28.6 Å². The normalized spacial score (nSPS) is 16.0. The third-order valence-corrected chi connectivity index (χ3v) is 6.27. The molecular formula is C28H29N3O2. The zero-order chi connectivity index (χ0) is 22.8. The number of carbonyl (C=O) groups excluding carboxylic acids is 1. The molecule has 1 fully saturated rings. The third-order valence-electron chi connectivity index (χ3n) is 6.27. The van der Waals surface area contributed by atoms with Gasteiger partial charge in [0, 0.05) is 31.1 Å². The molecule has 1 unspecified atom stereocenters. The maximum atomic E-state index is 12.9. The number of hydrogen-bond acceptors (Lipinski definition) is 3. The summed E-state index contributed by atoms with van der Waals surface area (Å²) in [6.07, 6.45) is 1.35. The average Bonchev–Trinajstić information content (AvgIpc) is 3.37. The number of imidazole rings is 1. The van der Waals surface area contributed by atoms with E-state index >= 15 is 0 Å². The van der Waals surface area contributed by atoms with Crippen molar-refractivity contribution >= 4 is 22.6 Å². The Hall–Kier alpha value is -3.60. The predicted octanol–water partition coefficient (Wildman–Crippen LogP) is 5.64. The fraction of sp³-hybridized carbons (Fsp3) is 0.286. The van der Waals surface area contributed by atoms with Crippen LogP contribution < -0.4 is 9.64 Å². The lowest BCUT2D eigenvalue weighted by atomic mass is 10.1. The molecule has 1 aliphatic heterocycles. The molecule has 0 bridgehead atoms. The lowest BCUT2D eigenvalue weighted by Crippen LogP contribution is -2.24.